The van der Waals surface area contributed by atoms with Crippen LogP contribution in [0.3, 0.4) is 0 Å². The first-order valence-corrected chi connectivity index (χ1v) is 8.01. The summed E-state index contributed by atoms with van der Waals surface area (Å²) in [5.74, 6) is -5.35. The molecule has 0 radical (unpaired) electrons. The molecule has 2 aromatic carbocycles. The van der Waals surface area contributed by atoms with Gasteiger partial charge in [-0.05, 0) is 24.3 Å². The maximum absolute atomic E-state index is 12.6. The molecule has 0 aliphatic heterocycles. The minimum Gasteiger partial charge on any atom is -0.507 e. The number of hydrogen-bond acceptors (Lipinski definition) is 7. The van der Waals surface area contributed by atoms with Crippen molar-refractivity contribution in [1.82, 2.24) is 0 Å². The summed E-state index contributed by atoms with van der Waals surface area (Å²) >= 11 is 0. The molecule has 0 saturated carbocycles. The Balaban J connectivity index is 2.36. The van der Waals surface area contributed by atoms with E-state index < -0.39 is 66.3 Å². The number of carboxylic acid groups (broad SMARTS) is 1. The van der Waals surface area contributed by atoms with Crippen molar-refractivity contribution < 1.29 is 42.7 Å². The first-order chi connectivity index (χ1) is 11.5. The van der Waals surface area contributed by atoms with E-state index in [0.717, 1.165) is 24.3 Å². The van der Waals surface area contributed by atoms with Gasteiger partial charge in [-0.3, -0.25) is 14.1 Å². The van der Waals surface area contributed by atoms with Crippen LogP contribution in [-0.4, -0.2) is 45.8 Å². The highest BCUT2D eigenvalue weighted by Gasteiger charge is 2.37. The van der Waals surface area contributed by atoms with Gasteiger partial charge in [-0.25, -0.2) is 4.79 Å². The number of aromatic carboxylic acids is 1. The summed E-state index contributed by atoms with van der Waals surface area (Å²) in [6.07, 6.45) is 0. The number of carbonyl (C=O) groups excluding carboxylic acids is 2. The van der Waals surface area contributed by atoms with Crippen molar-refractivity contribution in [2.45, 2.75) is 4.90 Å². The van der Waals surface area contributed by atoms with E-state index in [0.29, 0.717) is 0 Å². The third-order valence-electron chi connectivity index (χ3n) is 3.73. The Morgan fingerprint density at radius 2 is 1.56 bits per heavy atom. The zero-order valence-electron chi connectivity index (χ0n) is 12.0. The summed E-state index contributed by atoms with van der Waals surface area (Å²) in [4.78, 5) is 35.1. The SMILES string of the molecule is O=C(O)c1cc(O)c2c(c1)C(=O)c1ccc(S(=O)(=O)O)c(O)c1C2=O. The molecule has 0 unspecified atom stereocenters. The molecule has 0 fully saturated rings. The summed E-state index contributed by atoms with van der Waals surface area (Å²) in [5, 5.41) is 29.0. The topological polar surface area (TPSA) is 166 Å². The number of fused-ring (bicyclic) bond motifs is 2. The smallest absolute Gasteiger partial charge is 0.335 e. The maximum Gasteiger partial charge on any atom is 0.335 e. The van der Waals surface area contributed by atoms with Crippen molar-refractivity contribution in [3.63, 3.8) is 0 Å². The van der Waals surface area contributed by atoms with Crippen molar-refractivity contribution in [2.75, 3.05) is 0 Å². The predicted molar refractivity (Wildman–Crippen MR) is 79.9 cm³/mol. The number of benzene rings is 2. The Labute approximate surface area is 139 Å². The molecular formula is C15H8O9S. The molecule has 1 aliphatic carbocycles. The van der Waals surface area contributed by atoms with Crippen LogP contribution in [0.15, 0.2) is 29.2 Å². The van der Waals surface area contributed by atoms with Crippen molar-refractivity contribution in [3.05, 3.63) is 52.1 Å². The van der Waals surface area contributed by atoms with Crippen LogP contribution in [0.2, 0.25) is 0 Å². The van der Waals surface area contributed by atoms with E-state index in [-0.39, 0.29) is 5.56 Å². The minimum atomic E-state index is -4.87. The van der Waals surface area contributed by atoms with E-state index in [1.54, 1.807) is 0 Å². The van der Waals surface area contributed by atoms with Crippen molar-refractivity contribution in [3.8, 4) is 11.5 Å². The molecule has 128 valence electrons. The van der Waals surface area contributed by atoms with Gasteiger partial charge >= 0.3 is 5.97 Å². The molecule has 2 aromatic rings. The van der Waals surface area contributed by atoms with E-state index in [4.69, 9.17) is 9.66 Å². The number of hydrogen-bond donors (Lipinski definition) is 4. The number of phenolic OH excluding ortho intramolecular Hbond substituents is 2. The Morgan fingerprint density at radius 1 is 0.920 bits per heavy atom. The highest BCUT2D eigenvalue weighted by atomic mass is 32.2. The summed E-state index contributed by atoms with van der Waals surface area (Å²) in [5.41, 5.74) is -2.48. The average Bonchev–Trinajstić information content (AvgIpc) is 2.50. The molecule has 0 amide bonds. The molecule has 0 atom stereocenters. The highest BCUT2D eigenvalue weighted by Crippen LogP contribution is 2.39. The lowest BCUT2D eigenvalue weighted by atomic mass is 9.82. The molecule has 3 rings (SSSR count). The lowest BCUT2D eigenvalue weighted by molar-refractivity contribution is 0.0695. The predicted octanol–water partition coefficient (Wildman–Crippen LogP) is 0.818. The third-order valence-corrected chi connectivity index (χ3v) is 4.61. The largest absolute Gasteiger partial charge is 0.507 e. The minimum absolute atomic E-state index is 0.385. The number of carboxylic acids is 1. The van der Waals surface area contributed by atoms with Gasteiger partial charge in [0.05, 0.1) is 16.7 Å². The molecule has 1 aliphatic rings. The van der Waals surface area contributed by atoms with Gasteiger partial charge in [0.15, 0.2) is 5.78 Å². The van der Waals surface area contributed by atoms with Gasteiger partial charge in [-0.15, -0.1) is 0 Å². The van der Waals surface area contributed by atoms with Crippen LogP contribution in [0.5, 0.6) is 11.5 Å². The molecule has 0 spiro atoms. The zero-order valence-corrected chi connectivity index (χ0v) is 12.9. The molecule has 4 N–H and O–H groups in total. The van der Waals surface area contributed by atoms with Crippen molar-refractivity contribution in [2.24, 2.45) is 0 Å². The standard InChI is InChI=1S/C15H8O9S/c16-8-4-5(15(20)21)3-7-10(8)14(19)11-6(12(7)17)1-2-9(13(11)18)25(22,23)24/h1-4,16,18H,(H,20,21)(H,22,23,24). The molecule has 0 heterocycles. The lowest BCUT2D eigenvalue weighted by Gasteiger charge is -2.20. The van der Waals surface area contributed by atoms with Crippen molar-refractivity contribution in [1.29, 1.82) is 0 Å². The van der Waals surface area contributed by atoms with E-state index in [1.807, 2.05) is 0 Å². The van der Waals surface area contributed by atoms with Gasteiger partial charge in [-0.2, -0.15) is 8.42 Å². The maximum atomic E-state index is 12.6. The molecule has 10 heteroatoms. The monoisotopic (exact) mass is 364 g/mol. The van der Waals surface area contributed by atoms with Gasteiger partial charge in [0.25, 0.3) is 10.1 Å². The van der Waals surface area contributed by atoms with Gasteiger partial charge < -0.3 is 15.3 Å². The van der Waals surface area contributed by atoms with Crippen LogP contribution in [-0.2, 0) is 10.1 Å². The second-order valence-electron chi connectivity index (χ2n) is 5.19. The summed E-state index contributed by atoms with van der Waals surface area (Å²) < 4.78 is 31.6. The van der Waals surface area contributed by atoms with Crippen molar-refractivity contribution >= 4 is 27.7 Å². The second kappa shape index (κ2) is 5.13. The van der Waals surface area contributed by atoms with E-state index in [2.05, 4.69) is 0 Å². The van der Waals surface area contributed by atoms with Gasteiger partial charge in [0.2, 0.25) is 5.78 Å². The molecule has 9 nitrogen and oxygen atoms in total. The van der Waals surface area contributed by atoms with Gasteiger partial charge in [0.1, 0.15) is 16.4 Å². The second-order valence-corrected chi connectivity index (χ2v) is 6.58. The van der Waals surface area contributed by atoms with E-state index in [1.165, 1.54) is 0 Å². The average molecular weight is 364 g/mol. The number of carbonyl (C=O) groups is 3. The molecule has 0 bridgehead atoms. The number of ketones is 2. The Kier molecular flexibility index (Phi) is 3.41. The van der Waals surface area contributed by atoms with Crippen LogP contribution < -0.4 is 0 Å². The van der Waals surface area contributed by atoms with E-state index >= 15 is 0 Å². The Hall–Kier alpha value is -3.24. The van der Waals surface area contributed by atoms with Gasteiger partial charge in [-0.1, -0.05) is 0 Å². The fourth-order valence-electron chi connectivity index (χ4n) is 2.64. The molecule has 25 heavy (non-hydrogen) atoms. The van der Waals surface area contributed by atoms with Crippen LogP contribution in [0.1, 0.15) is 42.2 Å². The summed E-state index contributed by atoms with van der Waals surface area (Å²) in [6, 6.07) is 3.29. The normalized spacial score (nSPS) is 13.3. The third kappa shape index (κ3) is 2.35. The first kappa shape index (κ1) is 16.6. The van der Waals surface area contributed by atoms with E-state index in [9.17, 15) is 33.0 Å². The molecule has 0 saturated heterocycles. The van der Waals surface area contributed by atoms with Crippen LogP contribution in [0.4, 0.5) is 0 Å². The lowest BCUT2D eigenvalue weighted by Crippen LogP contribution is -2.22. The summed E-state index contributed by atoms with van der Waals surface area (Å²) in [6.45, 7) is 0. The fraction of sp³-hybridized carbons (Fsp3) is 0. The summed E-state index contributed by atoms with van der Waals surface area (Å²) in [7, 11) is -4.87. The highest BCUT2D eigenvalue weighted by molar-refractivity contribution is 7.86. The first-order valence-electron chi connectivity index (χ1n) is 6.57. The van der Waals surface area contributed by atoms with Crippen LogP contribution in [0.25, 0.3) is 0 Å². The van der Waals surface area contributed by atoms with Crippen LogP contribution >= 0.6 is 0 Å². The molecular weight excluding hydrogens is 356 g/mol. The van der Waals surface area contributed by atoms with Gasteiger partial charge in [0, 0.05) is 11.1 Å². The number of rotatable bonds is 2. The molecule has 0 aromatic heterocycles. The number of phenols is 2. The fourth-order valence-corrected chi connectivity index (χ4v) is 3.22. The Bertz CT molecular complexity index is 1100. The Morgan fingerprint density at radius 3 is 2.12 bits per heavy atom. The zero-order chi connectivity index (χ0) is 18.7. The van der Waals surface area contributed by atoms with Crippen LogP contribution in [0, 0.1) is 0 Å². The quantitative estimate of drug-likeness (QED) is 0.481. The number of aromatic hydroxyl groups is 2.